The number of nitrogens with one attached hydrogen (secondary N) is 1. The molecule has 0 bridgehead atoms. The zero-order chi connectivity index (χ0) is 14.6. The average Bonchev–Trinajstić information content (AvgIpc) is 2.37. The van der Waals surface area contributed by atoms with Gasteiger partial charge in [-0.05, 0) is 39.4 Å². The summed E-state index contributed by atoms with van der Waals surface area (Å²) in [7, 11) is 1.53. The SMILES string of the molecule is CSC1CCCC(NC(=O)N(C)C(C)(C)C(=O)O)C1. The van der Waals surface area contributed by atoms with Crippen molar-refractivity contribution in [3.63, 3.8) is 0 Å². The molecule has 0 aromatic heterocycles. The van der Waals surface area contributed by atoms with Crippen LogP contribution in [-0.4, -0.2) is 52.1 Å². The van der Waals surface area contributed by atoms with Crippen LogP contribution in [0, 0.1) is 0 Å². The standard InChI is InChI=1S/C13H24N2O3S/c1-13(2,11(16)17)15(3)12(18)14-9-6-5-7-10(8-9)19-4/h9-10H,5-8H2,1-4H3,(H,14,18)(H,16,17). The Morgan fingerprint density at radius 1 is 1.37 bits per heavy atom. The predicted octanol–water partition coefficient (Wildman–Crippen LogP) is 2.17. The van der Waals surface area contributed by atoms with Gasteiger partial charge in [-0.3, -0.25) is 0 Å². The second kappa shape index (κ2) is 6.50. The summed E-state index contributed by atoms with van der Waals surface area (Å²) in [5.41, 5.74) is -1.20. The Morgan fingerprint density at radius 3 is 2.53 bits per heavy atom. The number of carbonyl (C=O) groups is 2. The Labute approximate surface area is 119 Å². The molecule has 2 atom stereocenters. The number of hydrogen-bond acceptors (Lipinski definition) is 3. The highest BCUT2D eigenvalue weighted by atomic mass is 32.2. The summed E-state index contributed by atoms with van der Waals surface area (Å²) < 4.78 is 0. The van der Waals surface area contributed by atoms with Crippen LogP contribution in [0.15, 0.2) is 0 Å². The maximum Gasteiger partial charge on any atom is 0.329 e. The quantitative estimate of drug-likeness (QED) is 0.832. The van der Waals surface area contributed by atoms with Crippen LogP contribution in [0.25, 0.3) is 0 Å². The first-order valence-corrected chi connectivity index (χ1v) is 7.88. The molecule has 5 nitrogen and oxygen atoms in total. The normalized spacial score (nSPS) is 23.8. The van der Waals surface area contributed by atoms with Gasteiger partial charge in [0.1, 0.15) is 5.54 Å². The molecule has 0 spiro atoms. The zero-order valence-corrected chi connectivity index (χ0v) is 12.9. The number of rotatable bonds is 4. The monoisotopic (exact) mass is 288 g/mol. The Bertz CT molecular complexity index is 347. The lowest BCUT2D eigenvalue weighted by Crippen LogP contribution is -2.56. The van der Waals surface area contributed by atoms with Gasteiger partial charge in [0.25, 0.3) is 0 Å². The summed E-state index contributed by atoms with van der Waals surface area (Å²) in [6, 6.07) is -0.148. The van der Waals surface area contributed by atoms with E-state index in [4.69, 9.17) is 5.11 Å². The first-order valence-electron chi connectivity index (χ1n) is 6.59. The maximum absolute atomic E-state index is 12.1. The van der Waals surface area contributed by atoms with Crippen LogP contribution in [0.1, 0.15) is 39.5 Å². The van der Waals surface area contributed by atoms with Crippen molar-refractivity contribution < 1.29 is 14.7 Å². The number of carbonyl (C=O) groups excluding carboxylic acids is 1. The van der Waals surface area contributed by atoms with Gasteiger partial charge in [-0.2, -0.15) is 11.8 Å². The molecule has 0 aliphatic heterocycles. The zero-order valence-electron chi connectivity index (χ0n) is 12.1. The molecule has 6 heteroatoms. The fraction of sp³-hybridized carbons (Fsp3) is 0.846. The molecule has 110 valence electrons. The first-order chi connectivity index (χ1) is 8.78. The molecule has 1 saturated carbocycles. The molecule has 2 N–H and O–H groups in total. The molecule has 1 aliphatic carbocycles. The van der Waals surface area contributed by atoms with Gasteiger partial charge in [-0.15, -0.1) is 0 Å². The fourth-order valence-electron chi connectivity index (χ4n) is 2.16. The van der Waals surface area contributed by atoms with Gasteiger partial charge < -0.3 is 15.3 Å². The topological polar surface area (TPSA) is 69.6 Å². The fourth-order valence-corrected chi connectivity index (χ4v) is 2.99. The summed E-state index contributed by atoms with van der Waals surface area (Å²) in [4.78, 5) is 24.5. The number of thioether (sulfide) groups is 1. The van der Waals surface area contributed by atoms with Crippen molar-refractivity contribution >= 4 is 23.8 Å². The van der Waals surface area contributed by atoms with Crippen LogP contribution in [0.3, 0.4) is 0 Å². The van der Waals surface area contributed by atoms with E-state index in [1.54, 1.807) is 0 Å². The largest absolute Gasteiger partial charge is 0.480 e. The van der Waals surface area contributed by atoms with Gasteiger partial charge in [0.05, 0.1) is 0 Å². The molecule has 2 unspecified atom stereocenters. The van der Waals surface area contributed by atoms with E-state index >= 15 is 0 Å². The average molecular weight is 288 g/mol. The molecule has 0 heterocycles. The van der Waals surface area contributed by atoms with Crippen LogP contribution in [0.5, 0.6) is 0 Å². The smallest absolute Gasteiger partial charge is 0.329 e. The van der Waals surface area contributed by atoms with E-state index in [9.17, 15) is 9.59 Å². The van der Waals surface area contributed by atoms with E-state index in [1.165, 1.54) is 32.2 Å². The minimum atomic E-state index is -1.20. The van der Waals surface area contributed by atoms with Crippen LogP contribution in [-0.2, 0) is 4.79 Å². The highest BCUT2D eigenvalue weighted by Gasteiger charge is 2.36. The van der Waals surface area contributed by atoms with E-state index in [1.807, 2.05) is 11.8 Å². The minimum Gasteiger partial charge on any atom is -0.480 e. The molecular formula is C13H24N2O3S. The van der Waals surface area contributed by atoms with Crippen molar-refractivity contribution in [2.45, 2.75) is 56.4 Å². The summed E-state index contributed by atoms with van der Waals surface area (Å²) >= 11 is 1.84. The Hall–Kier alpha value is -0.910. The Kier molecular flexibility index (Phi) is 5.52. The number of likely N-dealkylation sites (N-methyl/N-ethyl adjacent to an activating group) is 1. The van der Waals surface area contributed by atoms with Crippen LogP contribution >= 0.6 is 11.8 Å². The Morgan fingerprint density at radius 2 is 2.00 bits per heavy atom. The van der Waals surface area contributed by atoms with Gasteiger partial charge in [0.15, 0.2) is 0 Å². The van der Waals surface area contributed by atoms with Gasteiger partial charge in [-0.25, -0.2) is 9.59 Å². The van der Waals surface area contributed by atoms with Crippen molar-refractivity contribution in [2.24, 2.45) is 0 Å². The second-order valence-corrected chi connectivity index (χ2v) is 6.73. The molecule has 2 amide bonds. The van der Waals surface area contributed by atoms with Crippen molar-refractivity contribution in [2.75, 3.05) is 13.3 Å². The summed E-state index contributed by atoms with van der Waals surface area (Å²) in [5, 5.41) is 12.7. The first kappa shape index (κ1) is 16.1. The highest BCUT2D eigenvalue weighted by Crippen LogP contribution is 2.27. The van der Waals surface area contributed by atoms with Crippen molar-refractivity contribution in [1.29, 1.82) is 0 Å². The van der Waals surface area contributed by atoms with E-state index in [0.29, 0.717) is 5.25 Å². The maximum atomic E-state index is 12.1. The number of carboxylic acids is 1. The molecule has 0 aromatic carbocycles. The van der Waals surface area contributed by atoms with Crippen molar-refractivity contribution in [3.8, 4) is 0 Å². The predicted molar refractivity (Wildman–Crippen MR) is 77.6 cm³/mol. The van der Waals surface area contributed by atoms with E-state index in [-0.39, 0.29) is 12.1 Å². The summed E-state index contributed by atoms with van der Waals surface area (Å²) in [6.07, 6.45) is 6.35. The van der Waals surface area contributed by atoms with Crippen LogP contribution < -0.4 is 5.32 Å². The number of amides is 2. The summed E-state index contributed by atoms with van der Waals surface area (Å²) in [5.74, 6) is -1.00. The third-order valence-corrected chi connectivity index (χ3v) is 5.05. The molecular weight excluding hydrogens is 264 g/mol. The van der Waals surface area contributed by atoms with E-state index in [2.05, 4.69) is 11.6 Å². The third-order valence-electron chi connectivity index (χ3n) is 3.95. The molecule has 0 saturated heterocycles. The van der Waals surface area contributed by atoms with Crippen LogP contribution in [0.2, 0.25) is 0 Å². The highest BCUT2D eigenvalue weighted by molar-refractivity contribution is 7.99. The number of urea groups is 1. The number of hydrogen-bond donors (Lipinski definition) is 2. The van der Waals surface area contributed by atoms with Gasteiger partial charge >= 0.3 is 12.0 Å². The molecule has 1 aliphatic rings. The summed E-state index contributed by atoms with van der Waals surface area (Å²) in [6.45, 7) is 3.06. The molecule has 0 radical (unpaired) electrons. The van der Waals surface area contributed by atoms with E-state index in [0.717, 1.165) is 19.3 Å². The molecule has 19 heavy (non-hydrogen) atoms. The lowest BCUT2D eigenvalue weighted by Gasteiger charge is -2.35. The van der Waals surface area contributed by atoms with Gasteiger partial charge in [0.2, 0.25) is 0 Å². The Balaban J connectivity index is 2.57. The second-order valence-electron chi connectivity index (χ2n) is 5.59. The van der Waals surface area contributed by atoms with Gasteiger partial charge in [0, 0.05) is 18.3 Å². The number of carboxylic acid groups (broad SMARTS) is 1. The molecule has 1 fully saturated rings. The van der Waals surface area contributed by atoms with Crippen molar-refractivity contribution in [1.82, 2.24) is 10.2 Å². The lowest BCUT2D eigenvalue weighted by molar-refractivity contribution is -0.146. The number of nitrogens with zero attached hydrogens (tertiary/aromatic N) is 1. The lowest BCUT2D eigenvalue weighted by atomic mass is 9.95. The van der Waals surface area contributed by atoms with Crippen LogP contribution in [0.4, 0.5) is 4.79 Å². The van der Waals surface area contributed by atoms with Gasteiger partial charge in [-0.1, -0.05) is 6.42 Å². The molecule has 1 rings (SSSR count). The van der Waals surface area contributed by atoms with E-state index < -0.39 is 11.5 Å². The van der Waals surface area contributed by atoms with Crippen molar-refractivity contribution in [3.05, 3.63) is 0 Å². The third kappa shape index (κ3) is 4.03. The minimum absolute atomic E-state index is 0.158. The number of aliphatic carboxylic acids is 1. The molecule has 0 aromatic rings.